The van der Waals surface area contributed by atoms with Gasteiger partial charge in [0.1, 0.15) is 0 Å². The van der Waals surface area contributed by atoms with E-state index in [1.54, 1.807) is 14.2 Å². The van der Waals surface area contributed by atoms with Crippen LogP contribution >= 0.6 is 0 Å². The predicted octanol–water partition coefficient (Wildman–Crippen LogP) is 2.47. The van der Waals surface area contributed by atoms with Gasteiger partial charge in [-0.25, -0.2) is 0 Å². The third-order valence-electron chi connectivity index (χ3n) is 2.69. The zero-order chi connectivity index (χ0) is 13.8. The Labute approximate surface area is 106 Å². The van der Waals surface area contributed by atoms with E-state index in [1.807, 2.05) is 19.9 Å². The Morgan fingerprint density at radius 1 is 1.33 bits per heavy atom. The van der Waals surface area contributed by atoms with Crippen molar-refractivity contribution >= 4 is 17.1 Å². The summed E-state index contributed by atoms with van der Waals surface area (Å²) in [5.41, 5.74) is 1.12. The predicted molar refractivity (Wildman–Crippen MR) is 72.2 cm³/mol. The smallest absolute Gasteiger partial charge is 0.273 e. The molecule has 1 aromatic rings. The van der Waals surface area contributed by atoms with E-state index in [4.69, 9.17) is 4.74 Å². The van der Waals surface area contributed by atoms with Crippen LogP contribution in [0.1, 0.15) is 13.8 Å². The number of benzene rings is 1. The van der Waals surface area contributed by atoms with E-state index < -0.39 is 4.92 Å². The highest BCUT2D eigenvalue weighted by atomic mass is 16.6. The highest BCUT2D eigenvalue weighted by Crippen LogP contribution is 2.24. The van der Waals surface area contributed by atoms with Gasteiger partial charge < -0.3 is 15.4 Å². The van der Waals surface area contributed by atoms with Crippen molar-refractivity contribution in [3.05, 3.63) is 28.3 Å². The molecule has 0 aliphatic carbocycles. The minimum Gasteiger partial charge on any atom is -0.388 e. The van der Waals surface area contributed by atoms with Crippen molar-refractivity contribution in [2.24, 2.45) is 0 Å². The van der Waals surface area contributed by atoms with Crippen LogP contribution in [0.5, 0.6) is 0 Å². The van der Waals surface area contributed by atoms with Crippen molar-refractivity contribution in [1.82, 2.24) is 0 Å². The SMILES string of the molecule is CNc1cc(NCC(C)(C)OC)cc([N+](=O)[O-])c1. The summed E-state index contributed by atoms with van der Waals surface area (Å²) in [5.74, 6) is 0. The summed E-state index contributed by atoms with van der Waals surface area (Å²) in [6.45, 7) is 4.44. The molecule has 0 amide bonds. The first-order valence-electron chi connectivity index (χ1n) is 5.64. The Hall–Kier alpha value is -1.82. The van der Waals surface area contributed by atoms with Crippen molar-refractivity contribution < 1.29 is 9.66 Å². The van der Waals surface area contributed by atoms with Gasteiger partial charge in [0.05, 0.1) is 10.5 Å². The molecule has 6 nitrogen and oxygen atoms in total. The summed E-state index contributed by atoms with van der Waals surface area (Å²) in [6, 6.07) is 4.82. The van der Waals surface area contributed by atoms with Crippen molar-refractivity contribution in [2.45, 2.75) is 19.4 Å². The summed E-state index contributed by atoms with van der Waals surface area (Å²) in [7, 11) is 3.36. The lowest BCUT2D eigenvalue weighted by Crippen LogP contribution is -2.32. The molecule has 0 heterocycles. The van der Waals surface area contributed by atoms with Gasteiger partial charge in [-0.3, -0.25) is 10.1 Å². The maximum atomic E-state index is 10.8. The van der Waals surface area contributed by atoms with Gasteiger partial charge in [0.25, 0.3) is 5.69 Å². The summed E-state index contributed by atoms with van der Waals surface area (Å²) < 4.78 is 5.28. The van der Waals surface area contributed by atoms with Gasteiger partial charge in [-0.2, -0.15) is 0 Å². The Balaban J connectivity index is 2.88. The van der Waals surface area contributed by atoms with Crippen LogP contribution in [-0.4, -0.2) is 31.2 Å². The second-order valence-corrected chi connectivity index (χ2v) is 4.59. The molecule has 1 aromatic carbocycles. The molecule has 0 saturated carbocycles. The number of hydrogen-bond acceptors (Lipinski definition) is 5. The standard InChI is InChI=1S/C12H19N3O3/c1-12(2,18-4)8-14-10-5-9(13-3)6-11(7-10)15(16)17/h5-7,13-14H,8H2,1-4H3. The number of hydrogen-bond donors (Lipinski definition) is 2. The number of nitrogens with zero attached hydrogens (tertiary/aromatic N) is 1. The Kier molecular flexibility index (Phi) is 4.49. The van der Waals surface area contributed by atoms with Crippen LogP contribution in [0.25, 0.3) is 0 Å². The van der Waals surface area contributed by atoms with Crippen molar-refractivity contribution in [3.63, 3.8) is 0 Å². The number of non-ortho nitro benzene ring substituents is 1. The molecule has 0 radical (unpaired) electrons. The molecule has 1 rings (SSSR count). The van der Waals surface area contributed by atoms with Gasteiger partial charge in [-0.1, -0.05) is 0 Å². The van der Waals surface area contributed by atoms with Crippen LogP contribution in [0.15, 0.2) is 18.2 Å². The molecule has 2 N–H and O–H groups in total. The van der Waals surface area contributed by atoms with Crippen LogP contribution < -0.4 is 10.6 Å². The molecule has 0 aromatic heterocycles. The van der Waals surface area contributed by atoms with Gasteiger partial charge >= 0.3 is 0 Å². The maximum Gasteiger partial charge on any atom is 0.273 e. The van der Waals surface area contributed by atoms with E-state index >= 15 is 0 Å². The number of anilines is 2. The highest BCUT2D eigenvalue weighted by molar-refractivity contribution is 5.63. The summed E-state index contributed by atoms with van der Waals surface area (Å²) >= 11 is 0. The van der Waals surface area contributed by atoms with Crippen molar-refractivity contribution in [3.8, 4) is 0 Å². The topological polar surface area (TPSA) is 76.4 Å². The third-order valence-corrected chi connectivity index (χ3v) is 2.69. The number of methoxy groups -OCH3 is 1. The Bertz CT molecular complexity index is 433. The van der Waals surface area contributed by atoms with E-state index in [1.165, 1.54) is 12.1 Å². The van der Waals surface area contributed by atoms with E-state index in [2.05, 4.69) is 10.6 Å². The lowest BCUT2D eigenvalue weighted by atomic mass is 10.1. The average Bonchev–Trinajstić information content (AvgIpc) is 2.36. The molecule has 0 aliphatic heterocycles. The number of nitro groups is 1. The molecule has 6 heteroatoms. The average molecular weight is 253 g/mol. The molecule has 100 valence electrons. The molecular formula is C12H19N3O3. The van der Waals surface area contributed by atoms with Crippen LogP contribution in [-0.2, 0) is 4.74 Å². The lowest BCUT2D eigenvalue weighted by Gasteiger charge is -2.23. The lowest BCUT2D eigenvalue weighted by molar-refractivity contribution is -0.384. The molecule has 0 fully saturated rings. The number of nitro benzene ring substituents is 1. The molecule has 0 unspecified atom stereocenters. The van der Waals surface area contributed by atoms with Crippen LogP contribution in [0, 0.1) is 10.1 Å². The monoisotopic (exact) mass is 253 g/mol. The summed E-state index contributed by atoms with van der Waals surface area (Å²) in [4.78, 5) is 10.4. The minimum atomic E-state index is -0.409. The van der Waals surface area contributed by atoms with Gasteiger partial charge in [-0.05, 0) is 19.9 Å². The molecule has 18 heavy (non-hydrogen) atoms. The van der Waals surface area contributed by atoms with E-state index in [0.717, 1.165) is 0 Å². The molecule has 0 aliphatic rings. The quantitative estimate of drug-likeness (QED) is 0.601. The Morgan fingerprint density at radius 2 is 1.94 bits per heavy atom. The van der Waals surface area contributed by atoms with E-state index in [-0.39, 0.29) is 11.3 Å². The molecule has 0 spiro atoms. The fourth-order valence-corrected chi connectivity index (χ4v) is 1.35. The molecule has 0 bridgehead atoms. The number of nitrogens with one attached hydrogen (secondary N) is 2. The number of ether oxygens (including phenoxy) is 1. The number of rotatable bonds is 6. The van der Waals surface area contributed by atoms with Crippen molar-refractivity contribution in [1.29, 1.82) is 0 Å². The van der Waals surface area contributed by atoms with E-state index in [0.29, 0.717) is 17.9 Å². The summed E-state index contributed by atoms with van der Waals surface area (Å²) in [6.07, 6.45) is 0. The zero-order valence-electron chi connectivity index (χ0n) is 11.1. The van der Waals surface area contributed by atoms with Crippen LogP contribution in [0.4, 0.5) is 17.1 Å². The van der Waals surface area contributed by atoms with Crippen LogP contribution in [0.3, 0.4) is 0 Å². The third kappa shape index (κ3) is 3.89. The van der Waals surface area contributed by atoms with Crippen molar-refractivity contribution in [2.75, 3.05) is 31.3 Å². The zero-order valence-corrected chi connectivity index (χ0v) is 11.1. The Morgan fingerprint density at radius 3 is 2.44 bits per heavy atom. The first-order valence-corrected chi connectivity index (χ1v) is 5.64. The normalized spacial score (nSPS) is 11.1. The van der Waals surface area contributed by atoms with E-state index in [9.17, 15) is 10.1 Å². The second-order valence-electron chi connectivity index (χ2n) is 4.59. The maximum absolute atomic E-state index is 10.8. The van der Waals surface area contributed by atoms with Gasteiger partial charge in [0, 0.05) is 44.2 Å². The summed E-state index contributed by atoms with van der Waals surface area (Å²) in [5, 5.41) is 16.8. The molecule has 0 atom stereocenters. The largest absolute Gasteiger partial charge is 0.388 e. The van der Waals surface area contributed by atoms with Crippen LogP contribution in [0.2, 0.25) is 0 Å². The van der Waals surface area contributed by atoms with Gasteiger partial charge in [0.2, 0.25) is 0 Å². The molecule has 0 saturated heterocycles. The fourth-order valence-electron chi connectivity index (χ4n) is 1.35. The first-order chi connectivity index (χ1) is 8.38. The minimum absolute atomic E-state index is 0.0552. The van der Waals surface area contributed by atoms with Gasteiger partial charge in [-0.15, -0.1) is 0 Å². The second kappa shape index (κ2) is 5.68. The highest BCUT2D eigenvalue weighted by Gasteiger charge is 2.16. The van der Waals surface area contributed by atoms with Gasteiger partial charge in [0.15, 0.2) is 0 Å². The molecular weight excluding hydrogens is 234 g/mol. The first kappa shape index (κ1) is 14.2. The fraction of sp³-hybridized carbons (Fsp3) is 0.500.